The van der Waals surface area contributed by atoms with Crippen LogP contribution in [0.1, 0.15) is 42.6 Å². The molecule has 0 radical (unpaired) electrons. The molecule has 2 atom stereocenters. The molecule has 0 saturated carbocycles. The summed E-state index contributed by atoms with van der Waals surface area (Å²) in [6.07, 6.45) is 6.49. The van der Waals surface area contributed by atoms with Gasteiger partial charge in [0, 0.05) is 19.4 Å². The Morgan fingerprint density at radius 2 is 1.96 bits per heavy atom. The van der Waals surface area contributed by atoms with Crippen LogP contribution in [0.4, 0.5) is 4.39 Å². The largest absolute Gasteiger partial charge is 0.465 e. The van der Waals surface area contributed by atoms with Gasteiger partial charge in [-0.1, -0.05) is 61.5 Å². The monoisotopic (exact) mass is 380 g/mol. The molecule has 3 rings (SSSR count). The van der Waals surface area contributed by atoms with Gasteiger partial charge in [0.2, 0.25) is 0 Å². The van der Waals surface area contributed by atoms with Crippen LogP contribution in [0.25, 0.3) is 11.6 Å². The number of rotatable bonds is 7. The molecule has 0 saturated heterocycles. The Balaban J connectivity index is 1.52. The van der Waals surface area contributed by atoms with Crippen LogP contribution in [0.5, 0.6) is 0 Å². The SMILES string of the molecule is CO[C@@H]1c2cc(F)ccc2/C(=C\CCOC(=O)C/C=C/c2ccccc2)[C@H]1C. The Morgan fingerprint density at radius 1 is 1.18 bits per heavy atom. The van der Waals surface area contributed by atoms with E-state index in [-0.39, 0.29) is 30.2 Å². The van der Waals surface area contributed by atoms with Crippen molar-refractivity contribution in [3.05, 3.63) is 83.2 Å². The third-order valence-corrected chi connectivity index (χ3v) is 4.97. The molecule has 0 aliphatic heterocycles. The second-order valence-corrected chi connectivity index (χ2v) is 6.86. The molecule has 0 bridgehead atoms. The number of esters is 1. The molecule has 146 valence electrons. The fourth-order valence-corrected chi connectivity index (χ4v) is 3.64. The number of benzene rings is 2. The van der Waals surface area contributed by atoms with E-state index in [4.69, 9.17) is 9.47 Å². The average molecular weight is 380 g/mol. The maximum atomic E-state index is 13.6. The molecule has 0 heterocycles. The normalized spacial score (nSPS) is 19.9. The number of hydrogen-bond donors (Lipinski definition) is 0. The molecule has 28 heavy (non-hydrogen) atoms. The van der Waals surface area contributed by atoms with E-state index in [2.05, 4.69) is 13.0 Å². The van der Waals surface area contributed by atoms with E-state index in [1.165, 1.54) is 6.07 Å². The molecule has 0 fully saturated rings. The van der Waals surface area contributed by atoms with Crippen molar-refractivity contribution in [2.75, 3.05) is 13.7 Å². The molecule has 1 aliphatic carbocycles. The fourth-order valence-electron chi connectivity index (χ4n) is 3.64. The van der Waals surface area contributed by atoms with Crippen LogP contribution in [0.15, 0.2) is 60.7 Å². The van der Waals surface area contributed by atoms with Gasteiger partial charge in [-0.05, 0) is 34.4 Å². The van der Waals surface area contributed by atoms with Crippen molar-refractivity contribution < 1.29 is 18.7 Å². The van der Waals surface area contributed by atoms with Crippen LogP contribution in [-0.2, 0) is 14.3 Å². The summed E-state index contributed by atoms with van der Waals surface area (Å²) >= 11 is 0. The van der Waals surface area contributed by atoms with E-state index in [0.29, 0.717) is 13.0 Å². The maximum Gasteiger partial charge on any atom is 0.309 e. The van der Waals surface area contributed by atoms with Crippen molar-refractivity contribution in [2.24, 2.45) is 5.92 Å². The predicted molar refractivity (Wildman–Crippen MR) is 109 cm³/mol. The molecule has 2 aromatic carbocycles. The van der Waals surface area contributed by atoms with Gasteiger partial charge in [0.25, 0.3) is 0 Å². The second-order valence-electron chi connectivity index (χ2n) is 6.86. The third-order valence-electron chi connectivity index (χ3n) is 4.97. The van der Waals surface area contributed by atoms with Gasteiger partial charge in [0.15, 0.2) is 0 Å². The minimum Gasteiger partial charge on any atom is -0.465 e. The molecular formula is C24H25FO3. The van der Waals surface area contributed by atoms with Crippen LogP contribution in [0.2, 0.25) is 0 Å². The summed E-state index contributed by atoms with van der Waals surface area (Å²) in [7, 11) is 1.64. The zero-order chi connectivity index (χ0) is 19.9. The Bertz CT molecular complexity index is 871. The molecule has 2 aromatic rings. The number of methoxy groups -OCH3 is 1. The minimum absolute atomic E-state index is 0.131. The van der Waals surface area contributed by atoms with Crippen LogP contribution >= 0.6 is 0 Å². The number of hydrogen-bond acceptors (Lipinski definition) is 3. The van der Waals surface area contributed by atoms with Crippen molar-refractivity contribution in [1.29, 1.82) is 0 Å². The Kier molecular flexibility index (Phi) is 6.77. The molecule has 0 amide bonds. The van der Waals surface area contributed by atoms with Crippen LogP contribution < -0.4 is 0 Å². The van der Waals surface area contributed by atoms with Crippen molar-refractivity contribution in [2.45, 2.75) is 25.9 Å². The zero-order valence-electron chi connectivity index (χ0n) is 16.2. The van der Waals surface area contributed by atoms with Gasteiger partial charge in [-0.3, -0.25) is 4.79 Å². The number of carbonyl (C=O) groups excluding carboxylic acids is 1. The molecule has 0 N–H and O–H groups in total. The van der Waals surface area contributed by atoms with Gasteiger partial charge in [-0.25, -0.2) is 4.39 Å². The summed E-state index contributed by atoms with van der Waals surface area (Å²) in [6, 6.07) is 14.6. The molecule has 1 aliphatic rings. The number of carbonyl (C=O) groups is 1. The number of halogens is 1. The van der Waals surface area contributed by atoms with Crippen molar-refractivity contribution in [1.82, 2.24) is 0 Å². The van der Waals surface area contributed by atoms with E-state index in [0.717, 1.165) is 22.3 Å². The topological polar surface area (TPSA) is 35.5 Å². The first-order valence-electron chi connectivity index (χ1n) is 9.50. The van der Waals surface area contributed by atoms with Gasteiger partial charge < -0.3 is 9.47 Å². The zero-order valence-corrected chi connectivity index (χ0v) is 16.2. The summed E-state index contributed by atoms with van der Waals surface area (Å²) in [4.78, 5) is 11.9. The van der Waals surface area contributed by atoms with E-state index in [9.17, 15) is 9.18 Å². The third kappa shape index (κ3) is 4.76. The summed E-state index contributed by atoms with van der Waals surface area (Å²) in [5, 5.41) is 0. The highest BCUT2D eigenvalue weighted by Crippen LogP contribution is 2.46. The standard InChI is InChI=1S/C24H25FO3/c1-17-20(21-14-13-19(25)16-22(21)24(17)27-2)11-7-15-28-23(26)12-6-10-18-8-4-3-5-9-18/h3-6,8-11,13-14,16-17,24H,7,12,15H2,1-2H3/b10-6+,20-11-/t17-,24+/m1/s1. The lowest BCUT2D eigenvalue weighted by molar-refractivity contribution is -0.142. The number of ether oxygens (including phenoxy) is 2. The van der Waals surface area contributed by atoms with E-state index >= 15 is 0 Å². The van der Waals surface area contributed by atoms with E-state index < -0.39 is 0 Å². The van der Waals surface area contributed by atoms with Gasteiger partial charge in [-0.15, -0.1) is 0 Å². The minimum atomic E-state index is -0.258. The van der Waals surface area contributed by atoms with Gasteiger partial charge in [0.1, 0.15) is 5.82 Å². The van der Waals surface area contributed by atoms with Gasteiger partial charge >= 0.3 is 5.97 Å². The second kappa shape index (κ2) is 9.47. The summed E-state index contributed by atoms with van der Waals surface area (Å²) < 4.78 is 24.5. The Hall–Kier alpha value is -2.72. The molecular weight excluding hydrogens is 355 g/mol. The molecule has 0 unspecified atom stereocenters. The first-order valence-corrected chi connectivity index (χ1v) is 9.50. The molecule has 3 nitrogen and oxygen atoms in total. The lowest BCUT2D eigenvalue weighted by Crippen LogP contribution is -2.06. The van der Waals surface area contributed by atoms with E-state index in [1.807, 2.05) is 42.5 Å². The maximum absolute atomic E-state index is 13.6. The van der Waals surface area contributed by atoms with Gasteiger partial charge in [-0.2, -0.15) is 0 Å². The average Bonchev–Trinajstić information content (AvgIpc) is 2.96. The summed E-state index contributed by atoms with van der Waals surface area (Å²) in [5.74, 6) is -0.375. The van der Waals surface area contributed by atoms with E-state index in [1.54, 1.807) is 19.2 Å². The fraction of sp³-hybridized carbons (Fsp3) is 0.292. The predicted octanol–water partition coefficient (Wildman–Crippen LogP) is 5.58. The first-order chi connectivity index (χ1) is 13.6. The highest BCUT2D eigenvalue weighted by Gasteiger charge is 2.33. The lowest BCUT2D eigenvalue weighted by Gasteiger charge is -2.15. The molecule has 0 aromatic heterocycles. The lowest BCUT2D eigenvalue weighted by atomic mass is 9.99. The molecule has 4 heteroatoms. The highest BCUT2D eigenvalue weighted by molar-refractivity contribution is 5.75. The number of fused-ring (bicyclic) bond motifs is 1. The Morgan fingerprint density at radius 3 is 2.71 bits per heavy atom. The van der Waals surface area contributed by atoms with Crippen molar-refractivity contribution >= 4 is 17.6 Å². The van der Waals surface area contributed by atoms with Gasteiger partial charge in [0.05, 0.1) is 19.1 Å². The molecule has 0 spiro atoms. The van der Waals surface area contributed by atoms with Crippen LogP contribution in [-0.4, -0.2) is 19.7 Å². The summed E-state index contributed by atoms with van der Waals surface area (Å²) in [5.41, 5.74) is 4.06. The quantitative estimate of drug-likeness (QED) is 0.464. The Labute approximate surface area is 165 Å². The van der Waals surface area contributed by atoms with Crippen LogP contribution in [0.3, 0.4) is 0 Å². The van der Waals surface area contributed by atoms with Crippen LogP contribution in [0, 0.1) is 11.7 Å². The van der Waals surface area contributed by atoms with Crippen molar-refractivity contribution in [3.8, 4) is 0 Å². The first kappa shape index (κ1) is 20.0. The highest BCUT2D eigenvalue weighted by atomic mass is 19.1. The van der Waals surface area contributed by atoms with Crippen molar-refractivity contribution in [3.63, 3.8) is 0 Å². The summed E-state index contributed by atoms with van der Waals surface area (Å²) in [6.45, 7) is 2.39. The smallest absolute Gasteiger partial charge is 0.309 e.